The molecule has 18 heavy (non-hydrogen) atoms. The van der Waals surface area contributed by atoms with Gasteiger partial charge in [-0.05, 0) is 19.2 Å². The number of thiazole rings is 1. The Labute approximate surface area is 111 Å². The van der Waals surface area contributed by atoms with Crippen molar-refractivity contribution in [2.45, 2.75) is 6.54 Å². The molecule has 0 saturated carbocycles. The molecule has 2 rings (SSSR count). The summed E-state index contributed by atoms with van der Waals surface area (Å²) in [4.78, 5) is 5.63. The summed E-state index contributed by atoms with van der Waals surface area (Å²) in [5.74, 6) is 1.55. The fourth-order valence-corrected chi connectivity index (χ4v) is 2.54. The van der Waals surface area contributed by atoms with Crippen LogP contribution in [0.1, 0.15) is 4.88 Å². The monoisotopic (exact) mass is 264 g/mol. The van der Waals surface area contributed by atoms with Gasteiger partial charge < -0.3 is 14.8 Å². The SMILES string of the molecule is CNCc1cnc(-c2cc(OC)cc(OC)c2)s1. The van der Waals surface area contributed by atoms with E-state index in [0.29, 0.717) is 0 Å². The van der Waals surface area contributed by atoms with E-state index in [1.54, 1.807) is 25.6 Å². The molecule has 0 aliphatic heterocycles. The molecule has 2 aromatic rings. The molecule has 1 N–H and O–H groups in total. The van der Waals surface area contributed by atoms with Crippen molar-refractivity contribution in [1.29, 1.82) is 0 Å². The molecule has 96 valence electrons. The lowest BCUT2D eigenvalue weighted by Crippen LogP contribution is -2.02. The van der Waals surface area contributed by atoms with Crippen molar-refractivity contribution in [3.05, 3.63) is 29.3 Å². The highest BCUT2D eigenvalue weighted by Crippen LogP contribution is 2.32. The molecular weight excluding hydrogens is 248 g/mol. The van der Waals surface area contributed by atoms with E-state index >= 15 is 0 Å². The molecule has 0 bridgehead atoms. The van der Waals surface area contributed by atoms with Gasteiger partial charge in [0.25, 0.3) is 0 Å². The van der Waals surface area contributed by atoms with Gasteiger partial charge in [0.15, 0.2) is 0 Å². The summed E-state index contributed by atoms with van der Waals surface area (Å²) < 4.78 is 10.5. The van der Waals surface area contributed by atoms with Crippen LogP contribution in [0.2, 0.25) is 0 Å². The standard InChI is InChI=1S/C13H16N2O2S/c1-14-7-12-8-15-13(18-12)9-4-10(16-2)6-11(5-9)17-3/h4-6,8,14H,7H2,1-3H3. The van der Waals surface area contributed by atoms with Gasteiger partial charge in [0.05, 0.1) is 14.2 Å². The molecule has 0 radical (unpaired) electrons. The van der Waals surface area contributed by atoms with Crippen LogP contribution in [0.4, 0.5) is 0 Å². The van der Waals surface area contributed by atoms with Crippen LogP contribution in [0.25, 0.3) is 10.6 Å². The van der Waals surface area contributed by atoms with E-state index in [1.807, 2.05) is 31.4 Å². The Bertz CT molecular complexity index is 503. The molecule has 1 aromatic heterocycles. The van der Waals surface area contributed by atoms with Crippen LogP contribution >= 0.6 is 11.3 Å². The molecule has 0 aliphatic rings. The van der Waals surface area contributed by atoms with Crippen LogP contribution in [0.5, 0.6) is 11.5 Å². The van der Waals surface area contributed by atoms with Crippen LogP contribution in [0.3, 0.4) is 0 Å². The molecule has 4 nitrogen and oxygen atoms in total. The number of hydrogen-bond donors (Lipinski definition) is 1. The normalized spacial score (nSPS) is 10.4. The van der Waals surface area contributed by atoms with Crippen molar-refractivity contribution in [2.24, 2.45) is 0 Å². The van der Waals surface area contributed by atoms with Gasteiger partial charge in [-0.25, -0.2) is 4.98 Å². The lowest BCUT2D eigenvalue weighted by atomic mass is 10.2. The number of aromatic nitrogens is 1. The lowest BCUT2D eigenvalue weighted by molar-refractivity contribution is 0.394. The fraction of sp³-hybridized carbons (Fsp3) is 0.308. The van der Waals surface area contributed by atoms with Crippen molar-refractivity contribution in [2.75, 3.05) is 21.3 Å². The van der Waals surface area contributed by atoms with Gasteiger partial charge in [-0.3, -0.25) is 0 Å². The van der Waals surface area contributed by atoms with Crippen molar-refractivity contribution < 1.29 is 9.47 Å². The number of nitrogens with one attached hydrogen (secondary N) is 1. The summed E-state index contributed by atoms with van der Waals surface area (Å²) in [5, 5.41) is 4.08. The minimum Gasteiger partial charge on any atom is -0.497 e. The van der Waals surface area contributed by atoms with E-state index in [2.05, 4.69) is 10.3 Å². The highest BCUT2D eigenvalue weighted by Gasteiger charge is 2.08. The van der Waals surface area contributed by atoms with Gasteiger partial charge in [-0.2, -0.15) is 0 Å². The summed E-state index contributed by atoms with van der Waals surface area (Å²) in [6.07, 6.45) is 1.89. The Morgan fingerprint density at radius 2 is 1.83 bits per heavy atom. The van der Waals surface area contributed by atoms with Crippen LogP contribution in [-0.2, 0) is 6.54 Å². The van der Waals surface area contributed by atoms with Crippen molar-refractivity contribution in [1.82, 2.24) is 10.3 Å². The number of benzene rings is 1. The van der Waals surface area contributed by atoms with E-state index in [-0.39, 0.29) is 0 Å². The minimum absolute atomic E-state index is 0.773. The summed E-state index contributed by atoms with van der Waals surface area (Å²) in [7, 11) is 5.22. The van der Waals surface area contributed by atoms with Gasteiger partial charge in [0, 0.05) is 29.2 Å². The quantitative estimate of drug-likeness (QED) is 0.901. The molecule has 5 heteroatoms. The maximum Gasteiger partial charge on any atom is 0.123 e. The van der Waals surface area contributed by atoms with E-state index in [1.165, 1.54) is 4.88 Å². The van der Waals surface area contributed by atoms with Gasteiger partial charge in [0.1, 0.15) is 16.5 Å². The van der Waals surface area contributed by atoms with Crippen molar-refractivity contribution in [3.63, 3.8) is 0 Å². The molecule has 0 aliphatic carbocycles. The number of ether oxygens (including phenoxy) is 2. The Balaban J connectivity index is 2.35. The van der Waals surface area contributed by atoms with E-state index in [9.17, 15) is 0 Å². The summed E-state index contributed by atoms with van der Waals surface area (Å²) in [5.41, 5.74) is 1.01. The van der Waals surface area contributed by atoms with Crippen molar-refractivity contribution in [3.8, 4) is 22.1 Å². The van der Waals surface area contributed by atoms with Crippen LogP contribution in [0.15, 0.2) is 24.4 Å². The Hall–Kier alpha value is -1.59. The van der Waals surface area contributed by atoms with Crippen LogP contribution in [-0.4, -0.2) is 26.3 Å². The molecule has 0 spiro atoms. The predicted octanol–water partition coefficient (Wildman–Crippen LogP) is 2.55. The zero-order valence-electron chi connectivity index (χ0n) is 10.7. The number of rotatable bonds is 5. The molecule has 0 saturated heterocycles. The van der Waals surface area contributed by atoms with Gasteiger partial charge in [-0.1, -0.05) is 0 Å². The zero-order valence-corrected chi connectivity index (χ0v) is 11.5. The Morgan fingerprint density at radius 3 is 2.39 bits per heavy atom. The first-order valence-electron chi connectivity index (χ1n) is 5.59. The first-order valence-corrected chi connectivity index (χ1v) is 6.41. The van der Waals surface area contributed by atoms with E-state index in [4.69, 9.17) is 9.47 Å². The zero-order chi connectivity index (χ0) is 13.0. The molecule has 0 atom stereocenters. The minimum atomic E-state index is 0.773. The predicted molar refractivity (Wildman–Crippen MR) is 73.4 cm³/mol. The molecular formula is C13H16N2O2S. The average Bonchev–Trinajstić information content (AvgIpc) is 2.87. The summed E-state index contributed by atoms with van der Waals surface area (Å²) in [6, 6.07) is 5.78. The fourth-order valence-electron chi connectivity index (χ4n) is 1.63. The number of methoxy groups -OCH3 is 2. The molecule has 0 fully saturated rings. The van der Waals surface area contributed by atoms with Gasteiger partial charge >= 0.3 is 0 Å². The third-order valence-electron chi connectivity index (χ3n) is 2.50. The first kappa shape index (κ1) is 12.9. The van der Waals surface area contributed by atoms with Crippen molar-refractivity contribution >= 4 is 11.3 Å². The molecule has 0 unspecified atom stereocenters. The maximum absolute atomic E-state index is 5.26. The summed E-state index contributed by atoms with van der Waals surface area (Å²) in [6.45, 7) is 0.832. The van der Waals surface area contributed by atoms with Gasteiger partial charge in [0.2, 0.25) is 0 Å². The smallest absolute Gasteiger partial charge is 0.123 e. The second kappa shape index (κ2) is 5.84. The average molecular weight is 264 g/mol. The van der Waals surface area contributed by atoms with Crippen LogP contribution in [0, 0.1) is 0 Å². The molecule has 0 amide bonds. The number of nitrogens with zero attached hydrogens (tertiary/aromatic N) is 1. The summed E-state index contributed by atoms with van der Waals surface area (Å²) >= 11 is 1.66. The largest absolute Gasteiger partial charge is 0.497 e. The topological polar surface area (TPSA) is 43.4 Å². The highest BCUT2D eigenvalue weighted by atomic mass is 32.1. The highest BCUT2D eigenvalue weighted by molar-refractivity contribution is 7.15. The Morgan fingerprint density at radius 1 is 1.17 bits per heavy atom. The lowest BCUT2D eigenvalue weighted by Gasteiger charge is -2.06. The second-order valence-corrected chi connectivity index (χ2v) is 4.88. The number of hydrogen-bond acceptors (Lipinski definition) is 5. The second-order valence-electron chi connectivity index (χ2n) is 3.76. The maximum atomic E-state index is 5.26. The Kier molecular flexibility index (Phi) is 4.17. The molecule has 1 heterocycles. The first-order chi connectivity index (χ1) is 8.76. The van der Waals surface area contributed by atoms with Crippen LogP contribution < -0.4 is 14.8 Å². The van der Waals surface area contributed by atoms with E-state index in [0.717, 1.165) is 28.6 Å². The molecule has 1 aromatic carbocycles. The van der Waals surface area contributed by atoms with E-state index < -0.39 is 0 Å². The van der Waals surface area contributed by atoms with Gasteiger partial charge in [-0.15, -0.1) is 11.3 Å². The third kappa shape index (κ3) is 2.80. The third-order valence-corrected chi connectivity index (χ3v) is 3.55.